The summed E-state index contributed by atoms with van der Waals surface area (Å²) in [6.07, 6.45) is 6.33. The van der Waals surface area contributed by atoms with Gasteiger partial charge in [0.1, 0.15) is 5.69 Å². The van der Waals surface area contributed by atoms with E-state index in [0.29, 0.717) is 11.6 Å². The molecule has 0 amide bonds. The minimum atomic E-state index is -4.03. The Balaban J connectivity index is 1.77. The maximum Gasteiger partial charge on any atom is 0.295 e. The van der Waals surface area contributed by atoms with Crippen molar-refractivity contribution in [1.82, 2.24) is 0 Å². The summed E-state index contributed by atoms with van der Waals surface area (Å²) in [5.41, 5.74) is 5.23. The van der Waals surface area contributed by atoms with Gasteiger partial charge in [-0.1, -0.05) is 43.5 Å². The molecule has 9 heteroatoms. The van der Waals surface area contributed by atoms with Gasteiger partial charge in [-0.3, -0.25) is 15.5 Å². The average Bonchev–Trinajstić information content (AvgIpc) is 2.72. The van der Waals surface area contributed by atoms with Gasteiger partial charge in [-0.05, 0) is 48.9 Å². The fourth-order valence-electron chi connectivity index (χ4n) is 3.58. The van der Waals surface area contributed by atoms with Crippen molar-refractivity contribution in [3.05, 3.63) is 63.7 Å². The van der Waals surface area contributed by atoms with Crippen LogP contribution in [0.15, 0.2) is 52.5 Å². The number of sulfonamides is 1. The lowest BCUT2D eigenvalue weighted by atomic mass is 9.84. The van der Waals surface area contributed by atoms with Gasteiger partial charge in [0.05, 0.1) is 15.5 Å². The van der Waals surface area contributed by atoms with Crippen molar-refractivity contribution in [3.63, 3.8) is 0 Å². The molecule has 154 valence electrons. The van der Waals surface area contributed by atoms with E-state index in [1.165, 1.54) is 49.8 Å². The molecule has 0 aromatic heterocycles. The molecule has 3 N–H and O–H groups in total. The van der Waals surface area contributed by atoms with Crippen molar-refractivity contribution >= 4 is 27.1 Å². The predicted molar refractivity (Wildman–Crippen MR) is 113 cm³/mol. The van der Waals surface area contributed by atoms with Gasteiger partial charge in [0.25, 0.3) is 5.69 Å². The molecular weight excluding hydrogens is 392 g/mol. The summed E-state index contributed by atoms with van der Waals surface area (Å²) >= 11 is 0. The number of primary sulfonamides is 1. The zero-order valence-corrected chi connectivity index (χ0v) is 17.0. The SMILES string of the molecule is CC(=NNc1ccc(S(N)(=O)=O)cc1[N+](=O)[O-])c1ccc(C2CCCCC2)cc1. The molecule has 0 aliphatic heterocycles. The molecule has 3 rings (SSSR count). The first-order chi connectivity index (χ1) is 13.8. The minimum Gasteiger partial charge on any atom is -0.271 e. The maximum absolute atomic E-state index is 11.4. The van der Waals surface area contributed by atoms with Crippen LogP contribution in [0.2, 0.25) is 0 Å². The third-order valence-electron chi connectivity index (χ3n) is 5.24. The highest BCUT2D eigenvalue weighted by Gasteiger charge is 2.19. The third kappa shape index (κ3) is 5.18. The van der Waals surface area contributed by atoms with Crippen LogP contribution in [0.25, 0.3) is 0 Å². The monoisotopic (exact) mass is 416 g/mol. The first-order valence-corrected chi connectivity index (χ1v) is 11.0. The molecule has 1 saturated carbocycles. The van der Waals surface area contributed by atoms with Crippen LogP contribution < -0.4 is 10.6 Å². The Morgan fingerprint density at radius 1 is 1.14 bits per heavy atom. The first-order valence-electron chi connectivity index (χ1n) is 9.47. The molecule has 0 heterocycles. The normalized spacial score (nSPS) is 15.9. The Morgan fingerprint density at radius 2 is 1.79 bits per heavy atom. The van der Waals surface area contributed by atoms with Gasteiger partial charge in [0.15, 0.2) is 0 Å². The molecule has 0 radical (unpaired) electrons. The van der Waals surface area contributed by atoms with Crippen LogP contribution in [-0.2, 0) is 10.0 Å². The molecule has 2 aromatic rings. The van der Waals surface area contributed by atoms with Gasteiger partial charge in [-0.25, -0.2) is 13.6 Å². The highest BCUT2D eigenvalue weighted by molar-refractivity contribution is 7.89. The largest absolute Gasteiger partial charge is 0.295 e. The number of nitrogens with zero attached hydrogens (tertiary/aromatic N) is 2. The average molecular weight is 417 g/mol. The van der Waals surface area contributed by atoms with E-state index in [2.05, 4.69) is 22.7 Å². The van der Waals surface area contributed by atoms with Crippen LogP contribution in [0.4, 0.5) is 11.4 Å². The summed E-state index contributed by atoms with van der Waals surface area (Å²) in [4.78, 5) is 10.3. The second kappa shape index (κ2) is 8.71. The fourth-order valence-corrected chi connectivity index (χ4v) is 4.11. The van der Waals surface area contributed by atoms with Crippen LogP contribution in [0.5, 0.6) is 0 Å². The van der Waals surface area contributed by atoms with Gasteiger partial charge in [0.2, 0.25) is 10.0 Å². The summed E-state index contributed by atoms with van der Waals surface area (Å²) < 4.78 is 22.8. The number of nitrogens with one attached hydrogen (secondary N) is 1. The highest BCUT2D eigenvalue weighted by Crippen LogP contribution is 2.32. The van der Waals surface area contributed by atoms with Crippen LogP contribution in [0.3, 0.4) is 0 Å². The van der Waals surface area contributed by atoms with E-state index in [4.69, 9.17) is 5.14 Å². The molecule has 29 heavy (non-hydrogen) atoms. The molecule has 0 saturated heterocycles. The Morgan fingerprint density at radius 3 is 2.38 bits per heavy atom. The molecule has 0 unspecified atom stereocenters. The van der Waals surface area contributed by atoms with E-state index in [-0.39, 0.29) is 10.6 Å². The third-order valence-corrected chi connectivity index (χ3v) is 6.15. The molecule has 0 atom stereocenters. The van der Waals surface area contributed by atoms with E-state index in [1.807, 2.05) is 12.1 Å². The summed E-state index contributed by atoms with van der Waals surface area (Å²) in [5.74, 6) is 0.619. The topological polar surface area (TPSA) is 128 Å². The Labute approximate surface area is 170 Å². The van der Waals surface area contributed by atoms with E-state index in [1.54, 1.807) is 6.92 Å². The number of benzene rings is 2. The number of hydrogen-bond acceptors (Lipinski definition) is 6. The predicted octanol–water partition coefficient (Wildman–Crippen LogP) is 4.13. The van der Waals surface area contributed by atoms with Gasteiger partial charge in [-0.15, -0.1) is 0 Å². The van der Waals surface area contributed by atoms with Gasteiger partial charge in [0, 0.05) is 6.07 Å². The van der Waals surface area contributed by atoms with Crippen molar-refractivity contribution in [1.29, 1.82) is 0 Å². The van der Waals surface area contributed by atoms with Crippen LogP contribution >= 0.6 is 0 Å². The van der Waals surface area contributed by atoms with E-state index >= 15 is 0 Å². The quantitative estimate of drug-likeness (QED) is 0.416. The molecule has 0 spiro atoms. The number of anilines is 1. The number of rotatable bonds is 6. The number of nitrogens with two attached hydrogens (primary N) is 1. The Hall–Kier alpha value is -2.78. The van der Waals surface area contributed by atoms with Crippen LogP contribution in [0, 0.1) is 10.1 Å². The second-order valence-electron chi connectivity index (χ2n) is 7.25. The fraction of sp³-hybridized carbons (Fsp3) is 0.350. The molecule has 1 aliphatic carbocycles. The lowest BCUT2D eigenvalue weighted by Gasteiger charge is -2.22. The zero-order chi connectivity index (χ0) is 21.0. The number of hydrogen-bond donors (Lipinski definition) is 2. The van der Waals surface area contributed by atoms with E-state index in [0.717, 1.165) is 11.6 Å². The maximum atomic E-state index is 11.4. The summed E-state index contributed by atoms with van der Waals surface area (Å²) in [7, 11) is -4.03. The minimum absolute atomic E-state index is 0.0839. The summed E-state index contributed by atoms with van der Waals surface area (Å²) in [6, 6.07) is 11.6. The molecule has 0 bridgehead atoms. The Kier molecular flexibility index (Phi) is 6.29. The Bertz CT molecular complexity index is 1030. The molecule has 1 fully saturated rings. The summed E-state index contributed by atoms with van der Waals surface area (Å²) in [5, 5.41) is 20.5. The molecule has 2 aromatic carbocycles. The lowest BCUT2D eigenvalue weighted by molar-refractivity contribution is -0.384. The highest BCUT2D eigenvalue weighted by atomic mass is 32.2. The molecule has 8 nitrogen and oxygen atoms in total. The van der Waals surface area contributed by atoms with E-state index in [9.17, 15) is 18.5 Å². The lowest BCUT2D eigenvalue weighted by Crippen LogP contribution is -2.12. The van der Waals surface area contributed by atoms with Crippen molar-refractivity contribution in [2.24, 2.45) is 10.2 Å². The number of nitro groups is 1. The van der Waals surface area contributed by atoms with Crippen molar-refractivity contribution in [2.75, 3.05) is 5.43 Å². The number of nitro benzene ring substituents is 1. The van der Waals surface area contributed by atoms with Crippen molar-refractivity contribution in [2.45, 2.75) is 49.8 Å². The molecular formula is C20H24N4O4S. The van der Waals surface area contributed by atoms with Crippen LogP contribution in [0.1, 0.15) is 56.1 Å². The van der Waals surface area contributed by atoms with Gasteiger partial charge in [-0.2, -0.15) is 5.10 Å². The van der Waals surface area contributed by atoms with Gasteiger partial charge >= 0.3 is 0 Å². The molecule has 1 aliphatic rings. The van der Waals surface area contributed by atoms with E-state index < -0.39 is 20.6 Å². The van der Waals surface area contributed by atoms with Gasteiger partial charge < -0.3 is 0 Å². The summed E-state index contributed by atoms with van der Waals surface area (Å²) in [6.45, 7) is 1.80. The zero-order valence-electron chi connectivity index (χ0n) is 16.2. The van der Waals surface area contributed by atoms with Crippen molar-refractivity contribution < 1.29 is 13.3 Å². The first kappa shape index (κ1) is 20.9. The van der Waals surface area contributed by atoms with Crippen molar-refractivity contribution in [3.8, 4) is 0 Å². The smallest absolute Gasteiger partial charge is 0.271 e. The number of hydrazone groups is 1. The second-order valence-corrected chi connectivity index (χ2v) is 8.81. The standard InChI is InChI=1S/C20H24N4O4S/c1-14(15-7-9-17(10-8-15)16-5-3-2-4-6-16)22-23-19-12-11-18(29(21,27)28)13-20(19)24(25)26/h7-13,16,23H,2-6H2,1H3,(H2,21,27,28). The van der Waals surface area contributed by atoms with Crippen LogP contribution in [-0.4, -0.2) is 19.1 Å².